The minimum atomic E-state index is -1.40. The zero-order chi connectivity index (χ0) is 10.6. The van der Waals surface area contributed by atoms with Crippen molar-refractivity contribution in [3.63, 3.8) is 0 Å². The minimum absolute atomic E-state index is 0.850. The fourth-order valence-electron chi connectivity index (χ4n) is 0.605. The Hall–Kier alpha value is -0.520. The molecule has 0 unspecified atom stereocenters. The summed E-state index contributed by atoms with van der Waals surface area (Å²) < 4.78 is 0. The SMILES string of the molecule is C[C@H](O)[C@H](NC(=O)C(Cl)Cl)C(=O)O. The van der Waals surface area contributed by atoms with Gasteiger partial charge in [-0.05, 0) is 6.92 Å². The summed E-state index contributed by atoms with van der Waals surface area (Å²) >= 11 is 10.3. The second kappa shape index (κ2) is 5.26. The molecule has 0 rings (SSSR count). The molecule has 0 aliphatic heterocycles. The molecule has 0 aliphatic carbocycles. The molecule has 0 spiro atoms. The van der Waals surface area contributed by atoms with Gasteiger partial charge in [-0.2, -0.15) is 0 Å². The first kappa shape index (κ1) is 12.5. The summed E-state index contributed by atoms with van der Waals surface area (Å²) in [6.45, 7) is 1.23. The summed E-state index contributed by atoms with van der Waals surface area (Å²) in [6.07, 6.45) is -1.21. The fraction of sp³-hybridized carbons (Fsp3) is 0.667. The predicted octanol–water partition coefficient (Wildman–Crippen LogP) is -0.260. The van der Waals surface area contributed by atoms with Crippen LogP contribution in [-0.2, 0) is 9.59 Å². The largest absolute Gasteiger partial charge is 0.480 e. The number of nitrogens with one attached hydrogen (secondary N) is 1. The molecule has 0 fully saturated rings. The lowest BCUT2D eigenvalue weighted by atomic mass is 10.2. The average molecular weight is 230 g/mol. The van der Waals surface area contributed by atoms with Crippen molar-refractivity contribution in [3.05, 3.63) is 0 Å². The van der Waals surface area contributed by atoms with Crippen LogP contribution < -0.4 is 5.32 Å². The number of aliphatic carboxylic acids is 1. The van der Waals surface area contributed by atoms with Crippen LogP contribution in [0.1, 0.15) is 6.92 Å². The van der Waals surface area contributed by atoms with Gasteiger partial charge < -0.3 is 15.5 Å². The summed E-state index contributed by atoms with van der Waals surface area (Å²) in [4.78, 5) is 19.9. The Balaban J connectivity index is 4.27. The van der Waals surface area contributed by atoms with Gasteiger partial charge in [0.15, 0.2) is 10.9 Å². The molecule has 0 bridgehead atoms. The van der Waals surface area contributed by atoms with Crippen LogP contribution in [0, 0.1) is 0 Å². The number of halogens is 2. The maximum atomic E-state index is 10.8. The maximum absolute atomic E-state index is 10.8. The number of carboxylic acids is 1. The monoisotopic (exact) mass is 229 g/mol. The van der Waals surface area contributed by atoms with Gasteiger partial charge >= 0.3 is 5.97 Å². The van der Waals surface area contributed by atoms with Crippen LogP contribution in [0.4, 0.5) is 0 Å². The molecule has 0 aromatic heterocycles. The van der Waals surface area contributed by atoms with Crippen molar-refractivity contribution in [1.82, 2.24) is 5.32 Å². The van der Waals surface area contributed by atoms with Gasteiger partial charge in [0.2, 0.25) is 0 Å². The molecule has 0 saturated carbocycles. The number of aliphatic hydroxyl groups is 1. The highest BCUT2D eigenvalue weighted by atomic mass is 35.5. The summed E-state index contributed by atoms with van der Waals surface area (Å²) in [7, 11) is 0. The lowest BCUT2D eigenvalue weighted by molar-refractivity contribution is -0.144. The van der Waals surface area contributed by atoms with Crippen molar-refractivity contribution in [2.75, 3.05) is 0 Å². The first-order valence-corrected chi connectivity index (χ1v) is 4.23. The Kier molecular flexibility index (Phi) is 5.05. The number of alkyl halides is 2. The zero-order valence-corrected chi connectivity index (χ0v) is 8.21. The van der Waals surface area contributed by atoms with Gasteiger partial charge in [0.1, 0.15) is 0 Å². The molecule has 7 heteroatoms. The first-order chi connectivity index (χ1) is 5.86. The third-order valence-electron chi connectivity index (χ3n) is 1.24. The molecule has 2 atom stereocenters. The van der Waals surface area contributed by atoms with Crippen LogP contribution in [-0.4, -0.2) is 39.1 Å². The molecular weight excluding hydrogens is 221 g/mol. The Morgan fingerprint density at radius 3 is 2.08 bits per heavy atom. The van der Waals surface area contributed by atoms with Gasteiger partial charge in [-0.25, -0.2) is 4.79 Å². The van der Waals surface area contributed by atoms with E-state index < -0.39 is 28.9 Å². The van der Waals surface area contributed by atoms with Crippen LogP contribution in [0.25, 0.3) is 0 Å². The summed E-state index contributed by atoms with van der Waals surface area (Å²) in [6, 6.07) is -1.40. The lowest BCUT2D eigenvalue weighted by Crippen LogP contribution is -2.49. The van der Waals surface area contributed by atoms with Gasteiger partial charge in [-0.1, -0.05) is 23.2 Å². The predicted molar refractivity (Wildman–Crippen MR) is 46.7 cm³/mol. The van der Waals surface area contributed by atoms with Gasteiger partial charge in [0, 0.05) is 0 Å². The van der Waals surface area contributed by atoms with Gasteiger partial charge in [-0.15, -0.1) is 0 Å². The highest BCUT2D eigenvalue weighted by Crippen LogP contribution is 2.02. The van der Waals surface area contributed by atoms with E-state index in [-0.39, 0.29) is 0 Å². The van der Waals surface area contributed by atoms with Crippen molar-refractivity contribution in [2.24, 2.45) is 0 Å². The summed E-state index contributed by atoms with van der Waals surface area (Å²) in [5.41, 5.74) is 0. The standard InChI is InChI=1S/C6H9Cl2NO4/c1-2(10)3(6(12)13)9-5(11)4(7)8/h2-4,10H,1H3,(H,9,11)(H,12,13)/t2-,3-/m0/s1. The number of hydrogen-bond donors (Lipinski definition) is 3. The van der Waals surface area contributed by atoms with Crippen molar-refractivity contribution in [3.8, 4) is 0 Å². The molecule has 13 heavy (non-hydrogen) atoms. The Labute approximate surface area is 84.6 Å². The van der Waals surface area contributed by atoms with E-state index in [1.165, 1.54) is 6.92 Å². The highest BCUT2D eigenvalue weighted by Gasteiger charge is 2.26. The van der Waals surface area contributed by atoms with Gasteiger partial charge in [0.05, 0.1) is 6.10 Å². The van der Waals surface area contributed by atoms with Crippen LogP contribution >= 0.6 is 23.2 Å². The maximum Gasteiger partial charge on any atom is 0.328 e. The van der Waals surface area contributed by atoms with Gasteiger partial charge in [0.25, 0.3) is 5.91 Å². The van der Waals surface area contributed by atoms with E-state index >= 15 is 0 Å². The number of carbonyl (C=O) groups is 2. The number of carbonyl (C=O) groups excluding carboxylic acids is 1. The Morgan fingerprint density at radius 1 is 1.38 bits per heavy atom. The third kappa shape index (κ3) is 4.31. The minimum Gasteiger partial charge on any atom is -0.480 e. The van der Waals surface area contributed by atoms with E-state index in [1.54, 1.807) is 0 Å². The van der Waals surface area contributed by atoms with Crippen molar-refractivity contribution < 1.29 is 19.8 Å². The molecule has 0 radical (unpaired) electrons. The van der Waals surface area contributed by atoms with E-state index in [1.807, 2.05) is 5.32 Å². The summed E-state index contributed by atoms with van der Waals surface area (Å²) in [5, 5.41) is 19.4. The lowest BCUT2D eigenvalue weighted by Gasteiger charge is -2.16. The molecule has 3 N–H and O–H groups in total. The van der Waals surface area contributed by atoms with E-state index in [9.17, 15) is 9.59 Å². The number of carboxylic acid groups (broad SMARTS) is 1. The Bertz CT molecular complexity index is 207. The van der Waals surface area contributed by atoms with Crippen molar-refractivity contribution in [1.29, 1.82) is 0 Å². The fourth-order valence-corrected chi connectivity index (χ4v) is 0.731. The second-order valence-corrected chi connectivity index (χ2v) is 3.46. The zero-order valence-electron chi connectivity index (χ0n) is 6.70. The molecule has 0 aromatic rings. The molecule has 5 nitrogen and oxygen atoms in total. The highest BCUT2D eigenvalue weighted by molar-refractivity contribution is 6.53. The van der Waals surface area contributed by atoms with E-state index in [2.05, 4.69) is 0 Å². The Morgan fingerprint density at radius 2 is 1.85 bits per heavy atom. The molecule has 0 aromatic carbocycles. The van der Waals surface area contributed by atoms with E-state index in [4.69, 9.17) is 33.4 Å². The van der Waals surface area contributed by atoms with Crippen molar-refractivity contribution in [2.45, 2.75) is 23.9 Å². The molecule has 0 saturated heterocycles. The molecule has 76 valence electrons. The summed E-state index contributed by atoms with van der Waals surface area (Å²) in [5.74, 6) is -2.20. The average Bonchev–Trinajstić information content (AvgIpc) is 1.97. The molecule has 0 aliphatic rings. The normalized spacial score (nSPS) is 15.2. The van der Waals surface area contributed by atoms with Crippen LogP contribution in [0.2, 0.25) is 0 Å². The first-order valence-electron chi connectivity index (χ1n) is 3.35. The number of rotatable bonds is 4. The second-order valence-electron chi connectivity index (χ2n) is 2.37. The van der Waals surface area contributed by atoms with Crippen LogP contribution in [0.15, 0.2) is 0 Å². The number of aliphatic hydroxyl groups excluding tert-OH is 1. The van der Waals surface area contributed by atoms with E-state index in [0.717, 1.165) is 0 Å². The smallest absolute Gasteiger partial charge is 0.328 e. The van der Waals surface area contributed by atoms with Crippen LogP contribution in [0.3, 0.4) is 0 Å². The number of hydrogen-bond acceptors (Lipinski definition) is 3. The topological polar surface area (TPSA) is 86.6 Å². The van der Waals surface area contributed by atoms with E-state index in [0.29, 0.717) is 0 Å². The quantitative estimate of drug-likeness (QED) is 0.580. The molecule has 1 amide bonds. The number of amides is 1. The molecule has 0 heterocycles. The van der Waals surface area contributed by atoms with Crippen LogP contribution in [0.5, 0.6) is 0 Å². The van der Waals surface area contributed by atoms with Crippen molar-refractivity contribution >= 4 is 35.1 Å². The molecular formula is C6H9Cl2NO4. The van der Waals surface area contributed by atoms with Gasteiger partial charge in [-0.3, -0.25) is 4.79 Å². The third-order valence-corrected chi connectivity index (χ3v) is 1.64.